The maximum absolute atomic E-state index is 12.2. The lowest BCUT2D eigenvalue weighted by Gasteiger charge is -2.14. The van der Waals surface area contributed by atoms with Crippen molar-refractivity contribution in [1.29, 1.82) is 0 Å². The zero-order chi connectivity index (χ0) is 15.9. The molecule has 0 spiro atoms. The van der Waals surface area contributed by atoms with Crippen molar-refractivity contribution in [2.75, 3.05) is 27.4 Å². The molecule has 122 valence electrons. The standard InChI is InChI=1S/C13H24N2O4S2/c1-10(2)14-7-12-5-13(9-20-12)21(16,17)15-6-11(19-4)8-18-3/h5,9-11,14-15H,6-8H2,1-4H3. The Hall–Kier alpha value is -0.510. The van der Waals surface area contributed by atoms with Crippen LogP contribution in [0.5, 0.6) is 0 Å². The van der Waals surface area contributed by atoms with Crippen LogP contribution in [0.1, 0.15) is 18.7 Å². The van der Waals surface area contributed by atoms with Crippen LogP contribution in [0.3, 0.4) is 0 Å². The molecule has 0 aliphatic heterocycles. The molecule has 1 aromatic heterocycles. The Morgan fingerprint density at radius 3 is 2.62 bits per heavy atom. The fourth-order valence-corrected chi connectivity index (χ4v) is 3.87. The van der Waals surface area contributed by atoms with E-state index in [1.807, 2.05) is 13.8 Å². The van der Waals surface area contributed by atoms with E-state index < -0.39 is 10.0 Å². The lowest BCUT2D eigenvalue weighted by atomic mass is 10.4. The minimum Gasteiger partial charge on any atom is -0.382 e. The summed E-state index contributed by atoms with van der Waals surface area (Å²) in [5.74, 6) is 0. The summed E-state index contributed by atoms with van der Waals surface area (Å²) in [4.78, 5) is 1.28. The minimum atomic E-state index is -3.50. The maximum atomic E-state index is 12.2. The average molecular weight is 336 g/mol. The Balaban J connectivity index is 2.61. The third-order valence-electron chi connectivity index (χ3n) is 2.81. The smallest absolute Gasteiger partial charge is 0.241 e. The first-order valence-electron chi connectivity index (χ1n) is 6.71. The van der Waals surface area contributed by atoms with Gasteiger partial charge in [-0.15, -0.1) is 11.3 Å². The van der Waals surface area contributed by atoms with E-state index >= 15 is 0 Å². The van der Waals surface area contributed by atoms with Gasteiger partial charge in [-0.1, -0.05) is 13.8 Å². The van der Waals surface area contributed by atoms with Gasteiger partial charge >= 0.3 is 0 Å². The van der Waals surface area contributed by atoms with Gasteiger partial charge in [0.1, 0.15) is 0 Å². The first-order chi connectivity index (χ1) is 9.89. The lowest BCUT2D eigenvalue weighted by molar-refractivity contribution is 0.0320. The van der Waals surface area contributed by atoms with E-state index in [9.17, 15) is 8.42 Å². The quantitative estimate of drug-likeness (QED) is 0.671. The predicted molar refractivity (Wildman–Crippen MR) is 84.2 cm³/mol. The summed E-state index contributed by atoms with van der Waals surface area (Å²) in [6.07, 6.45) is -0.300. The molecule has 1 unspecified atom stereocenters. The molecule has 0 aromatic carbocycles. The molecule has 0 amide bonds. The van der Waals surface area contributed by atoms with Gasteiger partial charge < -0.3 is 14.8 Å². The van der Waals surface area contributed by atoms with E-state index in [0.29, 0.717) is 24.1 Å². The van der Waals surface area contributed by atoms with Crippen molar-refractivity contribution in [3.8, 4) is 0 Å². The molecule has 0 saturated heterocycles. The Morgan fingerprint density at radius 2 is 2.05 bits per heavy atom. The number of hydrogen-bond donors (Lipinski definition) is 2. The van der Waals surface area contributed by atoms with Gasteiger partial charge in [-0.25, -0.2) is 13.1 Å². The molecular formula is C13H24N2O4S2. The molecule has 21 heavy (non-hydrogen) atoms. The fourth-order valence-electron chi connectivity index (χ4n) is 1.58. The van der Waals surface area contributed by atoms with Crippen LogP contribution >= 0.6 is 11.3 Å². The van der Waals surface area contributed by atoms with E-state index in [0.717, 1.165) is 4.88 Å². The normalized spacial score (nSPS) is 13.8. The average Bonchev–Trinajstić information content (AvgIpc) is 2.91. The topological polar surface area (TPSA) is 76.7 Å². The summed E-state index contributed by atoms with van der Waals surface area (Å²) in [6, 6.07) is 2.06. The van der Waals surface area contributed by atoms with Crippen molar-refractivity contribution in [3.63, 3.8) is 0 Å². The first kappa shape index (κ1) is 18.5. The van der Waals surface area contributed by atoms with Crippen LogP contribution in [-0.4, -0.2) is 47.9 Å². The van der Waals surface area contributed by atoms with Crippen molar-refractivity contribution in [1.82, 2.24) is 10.0 Å². The van der Waals surface area contributed by atoms with Gasteiger partial charge in [0.25, 0.3) is 0 Å². The van der Waals surface area contributed by atoms with Crippen LogP contribution < -0.4 is 10.0 Å². The maximum Gasteiger partial charge on any atom is 0.241 e. The summed E-state index contributed by atoms with van der Waals surface area (Å²) in [5.41, 5.74) is 0. The highest BCUT2D eigenvalue weighted by atomic mass is 32.2. The predicted octanol–water partition coefficient (Wildman–Crippen LogP) is 1.19. The molecule has 0 aliphatic carbocycles. The van der Waals surface area contributed by atoms with Crippen LogP contribution in [-0.2, 0) is 26.0 Å². The molecule has 0 bridgehead atoms. The summed E-state index contributed by atoms with van der Waals surface area (Å²) >= 11 is 1.43. The Bertz CT molecular complexity index is 514. The number of thiophene rings is 1. The van der Waals surface area contributed by atoms with E-state index in [4.69, 9.17) is 9.47 Å². The SMILES string of the molecule is COCC(CNS(=O)(=O)c1csc(CNC(C)C)c1)OC. The summed E-state index contributed by atoms with van der Waals surface area (Å²) in [5, 5.41) is 4.91. The highest BCUT2D eigenvalue weighted by Crippen LogP contribution is 2.19. The molecular weight excluding hydrogens is 312 g/mol. The molecule has 1 rings (SSSR count). The number of ether oxygens (including phenoxy) is 2. The van der Waals surface area contributed by atoms with Gasteiger partial charge in [-0.05, 0) is 6.07 Å². The number of hydrogen-bond acceptors (Lipinski definition) is 6. The van der Waals surface area contributed by atoms with Crippen LogP contribution in [0.15, 0.2) is 16.3 Å². The van der Waals surface area contributed by atoms with Crippen LogP contribution in [0, 0.1) is 0 Å². The summed E-state index contributed by atoms with van der Waals surface area (Å²) < 4.78 is 37.0. The molecule has 8 heteroatoms. The molecule has 0 aliphatic rings. The summed E-state index contributed by atoms with van der Waals surface area (Å²) in [7, 11) is -0.429. The number of rotatable bonds is 10. The molecule has 1 aromatic rings. The molecule has 6 nitrogen and oxygen atoms in total. The molecule has 2 N–H and O–H groups in total. The van der Waals surface area contributed by atoms with Crippen molar-refractivity contribution in [3.05, 3.63) is 16.3 Å². The van der Waals surface area contributed by atoms with E-state index in [1.54, 1.807) is 18.6 Å². The molecule has 0 radical (unpaired) electrons. The Kier molecular flexibility index (Phi) is 7.78. The third kappa shape index (κ3) is 6.41. The largest absolute Gasteiger partial charge is 0.382 e. The van der Waals surface area contributed by atoms with E-state index in [1.165, 1.54) is 18.4 Å². The number of methoxy groups -OCH3 is 2. The van der Waals surface area contributed by atoms with Crippen molar-refractivity contribution < 1.29 is 17.9 Å². The number of sulfonamides is 1. The fraction of sp³-hybridized carbons (Fsp3) is 0.692. The first-order valence-corrected chi connectivity index (χ1v) is 9.07. The van der Waals surface area contributed by atoms with Crippen LogP contribution in [0.4, 0.5) is 0 Å². The molecule has 0 fully saturated rings. The zero-order valence-corrected chi connectivity index (χ0v) is 14.5. The third-order valence-corrected chi connectivity index (χ3v) is 5.30. The Labute approximate surface area is 130 Å². The monoisotopic (exact) mass is 336 g/mol. The highest BCUT2D eigenvalue weighted by Gasteiger charge is 2.18. The van der Waals surface area contributed by atoms with Crippen molar-refractivity contribution in [2.45, 2.75) is 37.4 Å². The van der Waals surface area contributed by atoms with Crippen molar-refractivity contribution >= 4 is 21.4 Å². The second-order valence-electron chi connectivity index (χ2n) is 4.95. The van der Waals surface area contributed by atoms with Crippen LogP contribution in [0.25, 0.3) is 0 Å². The van der Waals surface area contributed by atoms with Crippen molar-refractivity contribution in [2.24, 2.45) is 0 Å². The van der Waals surface area contributed by atoms with Crippen LogP contribution in [0.2, 0.25) is 0 Å². The molecule has 1 heterocycles. The zero-order valence-electron chi connectivity index (χ0n) is 12.9. The second-order valence-corrected chi connectivity index (χ2v) is 7.71. The second kappa shape index (κ2) is 8.82. The van der Waals surface area contributed by atoms with Gasteiger partial charge in [0, 0.05) is 43.6 Å². The minimum absolute atomic E-state index is 0.183. The van der Waals surface area contributed by atoms with E-state index in [-0.39, 0.29) is 12.6 Å². The van der Waals surface area contributed by atoms with Gasteiger partial charge in [-0.3, -0.25) is 0 Å². The Morgan fingerprint density at radius 1 is 1.33 bits per heavy atom. The lowest BCUT2D eigenvalue weighted by Crippen LogP contribution is -2.35. The summed E-state index contributed by atoms with van der Waals surface area (Å²) in [6.45, 7) is 5.29. The number of nitrogens with one attached hydrogen (secondary N) is 2. The van der Waals surface area contributed by atoms with Gasteiger partial charge in [0.2, 0.25) is 10.0 Å². The van der Waals surface area contributed by atoms with E-state index in [2.05, 4.69) is 10.0 Å². The molecule has 0 saturated carbocycles. The molecule has 1 atom stereocenters. The van der Waals surface area contributed by atoms with Gasteiger partial charge in [-0.2, -0.15) is 0 Å². The van der Waals surface area contributed by atoms with Gasteiger partial charge in [0.05, 0.1) is 17.6 Å². The van der Waals surface area contributed by atoms with Gasteiger partial charge in [0.15, 0.2) is 0 Å². The highest BCUT2D eigenvalue weighted by molar-refractivity contribution is 7.89.